The van der Waals surface area contributed by atoms with Crippen molar-refractivity contribution in [2.45, 2.75) is 32.7 Å². The lowest BCUT2D eigenvalue weighted by molar-refractivity contribution is -0.384. The van der Waals surface area contributed by atoms with E-state index in [4.69, 9.17) is 18.9 Å². The molecule has 0 aromatic heterocycles. The van der Waals surface area contributed by atoms with Crippen LogP contribution in [0.3, 0.4) is 0 Å². The Morgan fingerprint density at radius 2 is 1.89 bits per heavy atom. The van der Waals surface area contributed by atoms with Gasteiger partial charge in [-0.05, 0) is 66.9 Å². The standard InChI is InChI=1S/C31H33N5O9/c1-4-43-26-15-22(29-28(30(38)42-3)19(2)33-31(39)34-29)10-13-25(26)45-18-27(37)35-32-16-20-8-11-24(12-9-20)44-17-21-6-5-7-23(14-21)36(40)41/h5-16,27,29,35,37H,4,17-18H2,1-3H3,(H2,33,34,39)/b32-16-/t27-,29-/m1/s1. The molecule has 2 atom stereocenters. The largest absolute Gasteiger partial charge is 0.490 e. The third-order valence-corrected chi connectivity index (χ3v) is 6.52. The molecule has 4 N–H and O–H groups in total. The van der Waals surface area contributed by atoms with Crippen molar-refractivity contribution >= 4 is 23.9 Å². The van der Waals surface area contributed by atoms with Crippen molar-refractivity contribution in [2.75, 3.05) is 20.3 Å². The van der Waals surface area contributed by atoms with Gasteiger partial charge in [-0.15, -0.1) is 0 Å². The molecule has 45 heavy (non-hydrogen) atoms. The quantitative estimate of drug-likeness (QED) is 0.0683. The van der Waals surface area contributed by atoms with Gasteiger partial charge < -0.3 is 34.7 Å². The number of aliphatic hydroxyl groups excluding tert-OH is 1. The average molecular weight is 620 g/mol. The maximum atomic E-state index is 12.4. The fraction of sp³-hybridized carbons (Fsp3) is 0.258. The number of ether oxygens (including phenoxy) is 4. The molecular formula is C31H33N5O9. The minimum Gasteiger partial charge on any atom is -0.490 e. The number of amides is 2. The van der Waals surface area contributed by atoms with E-state index in [1.165, 1.54) is 25.5 Å². The molecule has 1 heterocycles. The smallest absolute Gasteiger partial charge is 0.337 e. The van der Waals surface area contributed by atoms with Crippen molar-refractivity contribution in [2.24, 2.45) is 5.10 Å². The first-order valence-electron chi connectivity index (χ1n) is 13.9. The van der Waals surface area contributed by atoms with Crippen molar-refractivity contribution < 1.29 is 38.6 Å². The summed E-state index contributed by atoms with van der Waals surface area (Å²) in [5.74, 6) is 0.687. The predicted molar refractivity (Wildman–Crippen MR) is 163 cm³/mol. The molecule has 0 saturated carbocycles. The van der Waals surface area contributed by atoms with Crippen molar-refractivity contribution in [1.82, 2.24) is 16.1 Å². The number of aliphatic hydroxyl groups is 1. The highest BCUT2D eigenvalue weighted by Crippen LogP contribution is 2.35. The van der Waals surface area contributed by atoms with E-state index in [2.05, 4.69) is 21.2 Å². The second-order valence-corrected chi connectivity index (χ2v) is 9.70. The van der Waals surface area contributed by atoms with Gasteiger partial charge in [-0.2, -0.15) is 5.10 Å². The number of nitro groups is 1. The van der Waals surface area contributed by atoms with Gasteiger partial charge in [-0.25, -0.2) is 9.59 Å². The Hall–Kier alpha value is -5.63. The summed E-state index contributed by atoms with van der Waals surface area (Å²) < 4.78 is 22.1. The van der Waals surface area contributed by atoms with E-state index >= 15 is 0 Å². The zero-order chi connectivity index (χ0) is 32.3. The molecule has 236 valence electrons. The van der Waals surface area contributed by atoms with Crippen molar-refractivity contribution in [3.8, 4) is 17.2 Å². The van der Waals surface area contributed by atoms with Gasteiger partial charge in [0, 0.05) is 17.8 Å². The number of allylic oxidation sites excluding steroid dienone is 1. The summed E-state index contributed by atoms with van der Waals surface area (Å²) in [5, 5.41) is 30.7. The molecule has 14 heteroatoms. The van der Waals surface area contributed by atoms with Gasteiger partial charge in [0.2, 0.25) is 0 Å². The third kappa shape index (κ3) is 8.70. The Labute approximate surface area is 258 Å². The zero-order valence-corrected chi connectivity index (χ0v) is 24.8. The summed E-state index contributed by atoms with van der Waals surface area (Å²) in [6, 6.07) is 17.0. The number of hydrogen-bond donors (Lipinski definition) is 4. The summed E-state index contributed by atoms with van der Waals surface area (Å²) in [7, 11) is 1.26. The summed E-state index contributed by atoms with van der Waals surface area (Å²) in [6.45, 7) is 3.74. The van der Waals surface area contributed by atoms with Crippen molar-refractivity contribution in [3.63, 3.8) is 0 Å². The minimum absolute atomic E-state index is 0.00239. The number of nitro benzene ring substituents is 1. The second-order valence-electron chi connectivity index (χ2n) is 9.70. The topological polar surface area (TPSA) is 183 Å². The minimum atomic E-state index is -1.16. The number of methoxy groups -OCH3 is 1. The van der Waals surface area contributed by atoms with Crippen molar-refractivity contribution in [1.29, 1.82) is 0 Å². The van der Waals surface area contributed by atoms with Crippen LogP contribution in [0, 0.1) is 10.1 Å². The van der Waals surface area contributed by atoms with E-state index in [1.807, 2.05) is 0 Å². The highest BCUT2D eigenvalue weighted by molar-refractivity contribution is 5.95. The molecule has 0 unspecified atom stereocenters. The number of rotatable bonds is 14. The van der Waals surface area contributed by atoms with Crippen LogP contribution in [0.1, 0.15) is 36.6 Å². The van der Waals surface area contributed by atoms with Gasteiger partial charge in [0.1, 0.15) is 19.0 Å². The van der Waals surface area contributed by atoms with E-state index in [9.17, 15) is 24.8 Å². The Bertz CT molecular complexity index is 1590. The summed E-state index contributed by atoms with van der Waals surface area (Å²) in [4.78, 5) is 35.0. The lowest BCUT2D eigenvalue weighted by Crippen LogP contribution is -2.45. The molecule has 0 spiro atoms. The lowest BCUT2D eigenvalue weighted by atomic mass is 9.95. The van der Waals surface area contributed by atoms with Gasteiger partial charge >= 0.3 is 12.0 Å². The Kier molecular flexibility index (Phi) is 10.9. The second kappa shape index (κ2) is 15.2. The Balaban J connectivity index is 1.31. The molecule has 14 nitrogen and oxygen atoms in total. The fourth-order valence-electron chi connectivity index (χ4n) is 4.40. The number of hydrogen-bond acceptors (Lipinski definition) is 11. The Morgan fingerprint density at radius 1 is 1.11 bits per heavy atom. The zero-order valence-electron chi connectivity index (χ0n) is 24.8. The van der Waals surface area contributed by atoms with Crippen LogP contribution in [0.25, 0.3) is 0 Å². The first-order valence-corrected chi connectivity index (χ1v) is 13.9. The van der Waals surface area contributed by atoms with Crippen LogP contribution in [0.15, 0.2) is 83.1 Å². The number of carbonyl (C=O) groups excluding carboxylic acids is 2. The van der Waals surface area contributed by atoms with Gasteiger partial charge in [-0.3, -0.25) is 15.5 Å². The number of nitrogens with zero attached hydrogens (tertiary/aromatic N) is 2. The van der Waals surface area contributed by atoms with Gasteiger partial charge in [0.05, 0.1) is 36.5 Å². The molecule has 2 amide bonds. The maximum absolute atomic E-state index is 12.4. The first-order chi connectivity index (χ1) is 21.7. The highest BCUT2D eigenvalue weighted by atomic mass is 16.6. The molecule has 0 saturated heterocycles. The number of esters is 1. The number of hydrazone groups is 1. The van der Waals surface area contributed by atoms with Crippen LogP contribution in [0.5, 0.6) is 17.2 Å². The number of carbonyl (C=O) groups is 2. The SMILES string of the molecule is CCOc1cc([C@H]2NC(=O)NC(C)=C2C(=O)OC)ccc1OC[C@@H](O)N/N=C\c1ccc(OCc2cccc([N+](=O)[O-])c2)cc1. The molecule has 3 aromatic rings. The molecule has 0 radical (unpaired) electrons. The van der Waals surface area contributed by atoms with Crippen LogP contribution >= 0.6 is 0 Å². The molecule has 1 aliphatic heterocycles. The molecule has 0 fully saturated rings. The monoisotopic (exact) mass is 619 g/mol. The van der Waals surface area contributed by atoms with Crippen LogP contribution in [-0.4, -0.2) is 54.8 Å². The van der Waals surface area contributed by atoms with Crippen molar-refractivity contribution in [3.05, 3.63) is 105 Å². The van der Waals surface area contributed by atoms with Gasteiger partial charge in [0.25, 0.3) is 5.69 Å². The normalized spacial score (nSPS) is 15.1. The van der Waals surface area contributed by atoms with E-state index in [0.29, 0.717) is 40.7 Å². The summed E-state index contributed by atoms with van der Waals surface area (Å²) in [6.07, 6.45) is 0.351. The molecule has 4 rings (SSSR count). The molecular weight excluding hydrogens is 586 g/mol. The number of benzene rings is 3. The molecule has 0 bridgehead atoms. The lowest BCUT2D eigenvalue weighted by Gasteiger charge is -2.28. The van der Waals surface area contributed by atoms with Crippen LogP contribution < -0.4 is 30.3 Å². The first kappa shape index (κ1) is 32.3. The maximum Gasteiger partial charge on any atom is 0.337 e. The van der Waals surface area contributed by atoms with E-state index in [1.54, 1.807) is 68.4 Å². The van der Waals surface area contributed by atoms with Crippen LogP contribution in [0.2, 0.25) is 0 Å². The van der Waals surface area contributed by atoms with Crippen LogP contribution in [-0.2, 0) is 16.1 Å². The molecule has 3 aromatic carbocycles. The van der Waals surface area contributed by atoms with Gasteiger partial charge in [0.15, 0.2) is 17.7 Å². The summed E-state index contributed by atoms with van der Waals surface area (Å²) >= 11 is 0. The van der Waals surface area contributed by atoms with Gasteiger partial charge in [-0.1, -0.05) is 18.2 Å². The van der Waals surface area contributed by atoms with E-state index < -0.39 is 29.2 Å². The van der Waals surface area contributed by atoms with E-state index in [-0.39, 0.29) is 24.5 Å². The Morgan fingerprint density at radius 3 is 2.60 bits per heavy atom. The average Bonchev–Trinajstić information content (AvgIpc) is 3.03. The third-order valence-electron chi connectivity index (χ3n) is 6.52. The summed E-state index contributed by atoms with van der Waals surface area (Å²) in [5.41, 5.74) is 5.21. The van der Waals surface area contributed by atoms with Crippen LogP contribution in [0.4, 0.5) is 10.5 Å². The number of urea groups is 1. The number of non-ortho nitro benzene ring substituents is 1. The molecule has 1 aliphatic rings. The predicted octanol–water partition coefficient (Wildman–Crippen LogP) is 3.69. The highest BCUT2D eigenvalue weighted by Gasteiger charge is 2.32. The fourth-order valence-corrected chi connectivity index (χ4v) is 4.40. The van der Waals surface area contributed by atoms with E-state index in [0.717, 1.165) is 5.56 Å². The molecule has 0 aliphatic carbocycles. The number of nitrogens with one attached hydrogen (secondary N) is 3.